The normalized spacial score (nSPS) is 14.3. The number of hydrogen-bond acceptors (Lipinski definition) is 1. The van der Waals surface area contributed by atoms with Crippen molar-refractivity contribution in [2.24, 2.45) is 22.6 Å². The fraction of sp³-hybridized carbons (Fsp3) is 0.917. The third-order valence-electron chi connectivity index (χ3n) is 2.90. The molecule has 0 aromatic rings. The van der Waals surface area contributed by atoms with Gasteiger partial charge in [-0.15, -0.1) is 0 Å². The lowest BCUT2D eigenvalue weighted by atomic mass is 9.87. The molecule has 1 atom stereocenters. The van der Waals surface area contributed by atoms with Crippen LogP contribution in [0.5, 0.6) is 0 Å². The molecule has 3 heteroatoms. The molecule has 0 unspecified atom stereocenters. The summed E-state index contributed by atoms with van der Waals surface area (Å²) in [4.78, 5) is 3.86. The Kier molecular flexibility index (Phi) is 8.15. The SMILES string of the molecule is CCC[C@@H](CCCN/C(N)=N/C)C(C)C. The van der Waals surface area contributed by atoms with Crippen LogP contribution in [0.3, 0.4) is 0 Å². The second kappa shape index (κ2) is 8.57. The molecule has 0 heterocycles. The standard InChI is InChI=1S/C12H27N3/c1-5-7-11(10(2)3)8-6-9-15-12(13)14-4/h10-11H,5-9H2,1-4H3,(H3,13,14,15)/t11-/m0/s1. The highest BCUT2D eigenvalue weighted by Crippen LogP contribution is 2.21. The van der Waals surface area contributed by atoms with Crippen LogP contribution in [0.2, 0.25) is 0 Å². The van der Waals surface area contributed by atoms with Crippen LogP contribution in [-0.4, -0.2) is 19.6 Å². The minimum Gasteiger partial charge on any atom is -0.370 e. The molecule has 3 N–H and O–H groups in total. The molecule has 0 aromatic carbocycles. The Morgan fingerprint density at radius 1 is 1.33 bits per heavy atom. The second-order valence-corrected chi connectivity index (χ2v) is 4.47. The zero-order valence-electron chi connectivity index (χ0n) is 10.7. The summed E-state index contributed by atoms with van der Waals surface area (Å²) in [7, 11) is 1.70. The molecule has 3 nitrogen and oxygen atoms in total. The van der Waals surface area contributed by atoms with Gasteiger partial charge >= 0.3 is 0 Å². The van der Waals surface area contributed by atoms with Crippen molar-refractivity contribution in [1.29, 1.82) is 0 Å². The Morgan fingerprint density at radius 2 is 2.00 bits per heavy atom. The first kappa shape index (κ1) is 14.3. The van der Waals surface area contributed by atoms with Gasteiger partial charge in [-0.25, -0.2) is 0 Å². The molecule has 0 aliphatic carbocycles. The summed E-state index contributed by atoms with van der Waals surface area (Å²) in [5, 5.41) is 3.10. The van der Waals surface area contributed by atoms with E-state index in [4.69, 9.17) is 5.73 Å². The zero-order chi connectivity index (χ0) is 11.7. The lowest BCUT2D eigenvalue weighted by Crippen LogP contribution is -2.32. The van der Waals surface area contributed by atoms with Gasteiger partial charge in [0.1, 0.15) is 0 Å². The van der Waals surface area contributed by atoms with Crippen molar-refractivity contribution in [3.05, 3.63) is 0 Å². The molecule has 0 aromatic heterocycles. The van der Waals surface area contributed by atoms with Crippen molar-refractivity contribution in [2.75, 3.05) is 13.6 Å². The zero-order valence-corrected chi connectivity index (χ0v) is 10.7. The van der Waals surface area contributed by atoms with Gasteiger partial charge in [0.05, 0.1) is 0 Å². The highest BCUT2D eigenvalue weighted by atomic mass is 15.1. The van der Waals surface area contributed by atoms with E-state index in [0.29, 0.717) is 5.96 Å². The Bertz CT molecular complexity index is 176. The summed E-state index contributed by atoms with van der Waals surface area (Å²) in [6.45, 7) is 7.83. The molecule has 0 saturated heterocycles. The fourth-order valence-electron chi connectivity index (χ4n) is 1.84. The first-order valence-electron chi connectivity index (χ1n) is 6.07. The van der Waals surface area contributed by atoms with Crippen LogP contribution in [-0.2, 0) is 0 Å². The van der Waals surface area contributed by atoms with Crippen LogP contribution in [0.4, 0.5) is 0 Å². The molecule has 0 spiro atoms. The van der Waals surface area contributed by atoms with Gasteiger partial charge in [-0.3, -0.25) is 4.99 Å². The predicted molar refractivity (Wildman–Crippen MR) is 68.0 cm³/mol. The molecule has 90 valence electrons. The number of nitrogens with two attached hydrogens (primary N) is 1. The van der Waals surface area contributed by atoms with Crippen molar-refractivity contribution in [1.82, 2.24) is 5.32 Å². The van der Waals surface area contributed by atoms with E-state index in [1.54, 1.807) is 7.05 Å². The Labute approximate surface area is 94.5 Å². The molecule has 0 amide bonds. The molecular weight excluding hydrogens is 186 g/mol. The molecule has 0 aliphatic heterocycles. The summed E-state index contributed by atoms with van der Waals surface area (Å²) in [5.74, 6) is 2.20. The maximum absolute atomic E-state index is 5.55. The summed E-state index contributed by atoms with van der Waals surface area (Å²) >= 11 is 0. The maximum atomic E-state index is 5.55. The first-order valence-corrected chi connectivity index (χ1v) is 6.07. The minimum atomic E-state index is 0.548. The lowest BCUT2D eigenvalue weighted by molar-refractivity contribution is 0.326. The summed E-state index contributed by atoms with van der Waals surface area (Å²) in [6, 6.07) is 0. The van der Waals surface area contributed by atoms with Crippen LogP contribution < -0.4 is 11.1 Å². The van der Waals surface area contributed by atoms with E-state index in [-0.39, 0.29) is 0 Å². The highest BCUT2D eigenvalue weighted by Gasteiger charge is 2.11. The summed E-state index contributed by atoms with van der Waals surface area (Å²) in [6.07, 6.45) is 5.10. The van der Waals surface area contributed by atoms with Crippen LogP contribution in [0.25, 0.3) is 0 Å². The topological polar surface area (TPSA) is 50.4 Å². The maximum Gasteiger partial charge on any atom is 0.188 e. The number of hydrogen-bond donors (Lipinski definition) is 2. The van der Waals surface area contributed by atoms with Gasteiger partial charge in [-0.1, -0.05) is 33.6 Å². The quantitative estimate of drug-likeness (QED) is 0.387. The van der Waals surface area contributed by atoms with Crippen LogP contribution >= 0.6 is 0 Å². The number of aliphatic imine (C=N–C) groups is 1. The third kappa shape index (κ3) is 7.23. The highest BCUT2D eigenvalue weighted by molar-refractivity contribution is 5.77. The Morgan fingerprint density at radius 3 is 2.47 bits per heavy atom. The van der Waals surface area contributed by atoms with Crippen molar-refractivity contribution < 1.29 is 0 Å². The molecule has 0 saturated carbocycles. The predicted octanol–water partition coefficient (Wildman–Crippen LogP) is 2.37. The third-order valence-corrected chi connectivity index (χ3v) is 2.90. The fourth-order valence-corrected chi connectivity index (χ4v) is 1.84. The van der Waals surface area contributed by atoms with Gasteiger partial charge in [0.2, 0.25) is 0 Å². The Balaban J connectivity index is 3.62. The van der Waals surface area contributed by atoms with Gasteiger partial charge in [0.15, 0.2) is 5.96 Å². The average molecular weight is 213 g/mol. The molecule has 0 aliphatic rings. The van der Waals surface area contributed by atoms with E-state index in [0.717, 1.165) is 18.4 Å². The number of rotatable bonds is 7. The molecule has 15 heavy (non-hydrogen) atoms. The molecule has 0 bridgehead atoms. The Hall–Kier alpha value is -0.730. The van der Waals surface area contributed by atoms with E-state index in [1.165, 1.54) is 25.7 Å². The lowest BCUT2D eigenvalue weighted by Gasteiger charge is -2.20. The van der Waals surface area contributed by atoms with Crippen molar-refractivity contribution in [3.8, 4) is 0 Å². The van der Waals surface area contributed by atoms with Crippen LogP contribution in [0.15, 0.2) is 4.99 Å². The number of nitrogens with one attached hydrogen (secondary N) is 1. The van der Waals surface area contributed by atoms with E-state index in [9.17, 15) is 0 Å². The van der Waals surface area contributed by atoms with Crippen molar-refractivity contribution in [2.45, 2.75) is 46.5 Å². The monoisotopic (exact) mass is 213 g/mol. The van der Waals surface area contributed by atoms with E-state index < -0.39 is 0 Å². The van der Waals surface area contributed by atoms with Gasteiger partial charge in [0.25, 0.3) is 0 Å². The van der Waals surface area contributed by atoms with Gasteiger partial charge in [-0.2, -0.15) is 0 Å². The van der Waals surface area contributed by atoms with Gasteiger partial charge in [-0.05, 0) is 24.7 Å². The van der Waals surface area contributed by atoms with E-state index in [1.807, 2.05) is 0 Å². The molecule has 0 fully saturated rings. The second-order valence-electron chi connectivity index (χ2n) is 4.47. The molecule has 0 radical (unpaired) electrons. The van der Waals surface area contributed by atoms with Crippen molar-refractivity contribution in [3.63, 3.8) is 0 Å². The summed E-state index contributed by atoms with van der Waals surface area (Å²) < 4.78 is 0. The van der Waals surface area contributed by atoms with Crippen LogP contribution in [0, 0.1) is 11.8 Å². The largest absolute Gasteiger partial charge is 0.370 e. The molecule has 0 rings (SSSR count). The number of guanidine groups is 1. The van der Waals surface area contributed by atoms with E-state index >= 15 is 0 Å². The summed E-state index contributed by atoms with van der Waals surface area (Å²) in [5.41, 5.74) is 5.55. The smallest absolute Gasteiger partial charge is 0.188 e. The van der Waals surface area contributed by atoms with Gasteiger partial charge in [0, 0.05) is 13.6 Å². The minimum absolute atomic E-state index is 0.548. The van der Waals surface area contributed by atoms with Crippen molar-refractivity contribution >= 4 is 5.96 Å². The van der Waals surface area contributed by atoms with Crippen LogP contribution in [0.1, 0.15) is 46.5 Å². The molecular formula is C12H27N3. The first-order chi connectivity index (χ1) is 7.11. The van der Waals surface area contributed by atoms with Gasteiger partial charge < -0.3 is 11.1 Å². The van der Waals surface area contributed by atoms with E-state index in [2.05, 4.69) is 31.1 Å². The number of nitrogens with zero attached hydrogens (tertiary/aromatic N) is 1. The average Bonchev–Trinajstić information content (AvgIpc) is 2.21.